The van der Waals surface area contributed by atoms with Gasteiger partial charge in [-0.15, -0.1) is 16.4 Å². The topological polar surface area (TPSA) is 68.9 Å². The minimum Gasteiger partial charge on any atom is -0.350 e. The third-order valence-electron chi connectivity index (χ3n) is 4.24. The first-order chi connectivity index (χ1) is 12.6. The molecule has 0 radical (unpaired) electrons. The fraction of sp³-hybridized carbons (Fsp3) is 0.278. The number of nitrogens with zero attached hydrogens (tertiary/aromatic N) is 3. The van der Waals surface area contributed by atoms with Gasteiger partial charge in [-0.3, -0.25) is 9.36 Å². The Morgan fingerprint density at radius 1 is 1.27 bits per heavy atom. The Morgan fingerprint density at radius 2 is 2.04 bits per heavy atom. The van der Waals surface area contributed by atoms with Gasteiger partial charge in [0.05, 0.1) is 11.4 Å². The summed E-state index contributed by atoms with van der Waals surface area (Å²) in [5.74, 6) is 0.520. The lowest BCUT2D eigenvalue weighted by atomic mass is 10.2. The maximum atomic E-state index is 12.7. The molecule has 1 saturated carbocycles. The fourth-order valence-electron chi connectivity index (χ4n) is 2.78. The Balaban J connectivity index is 1.47. The number of nitrogens with one attached hydrogen (secondary N) is 1. The molecule has 0 aliphatic heterocycles. The molecule has 1 aromatic carbocycles. The third kappa shape index (κ3) is 3.45. The Labute approximate surface area is 159 Å². The molecule has 26 heavy (non-hydrogen) atoms. The highest BCUT2D eigenvalue weighted by Crippen LogP contribution is 2.37. The first-order valence-corrected chi connectivity index (χ1v) is 9.66. The van der Waals surface area contributed by atoms with Crippen molar-refractivity contribution in [2.75, 3.05) is 6.54 Å². The number of hydrogen-bond donors (Lipinski definition) is 1. The Bertz CT molecular complexity index is 972. The molecule has 3 aromatic rings. The second-order valence-corrected chi connectivity index (χ2v) is 7.55. The zero-order valence-electron chi connectivity index (χ0n) is 13.9. The van der Waals surface area contributed by atoms with E-state index in [0.29, 0.717) is 23.7 Å². The largest absolute Gasteiger partial charge is 0.350 e. The number of hydrogen-bond acceptors (Lipinski definition) is 4. The van der Waals surface area contributed by atoms with Gasteiger partial charge < -0.3 is 5.32 Å². The van der Waals surface area contributed by atoms with Crippen LogP contribution in [-0.2, 0) is 6.54 Å². The van der Waals surface area contributed by atoms with Crippen molar-refractivity contribution in [3.8, 4) is 10.7 Å². The van der Waals surface area contributed by atoms with E-state index in [0.717, 1.165) is 23.5 Å². The molecule has 4 rings (SSSR count). The minimum absolute atomic E-state index is 0.114. The highest BCUT2D eigenvalue weighted by molar-refractivity contribution is 7.13. The summed E-state index contributed by atoms with van der Waals surface area (Å²) in [5.41, 5.74) is 0.418. The van der Waals surface area contributed by atoms with Crippen LogP contribution in [0.25, 0.3) is 10.7 Å². The van der Waals surface area contributed by atoms with Crippen LogP contribution in [0.5, 0.6) is 0 Å². The van der Waals surface area contributed by atoms with Crippen LogP contribution in [0.15, 0.2) is 46.6 Å². The lowest BCUT2D eigenvalue weighted by Gasteiger charge is -2.05. The summed E-state index contributed by atoms with van der Waals surface area (Å²) in [4.78, 5) is 25.8. The van der Waals surface area contributed by atoms with E-state index in [-0.39, 0.29) is 17.6 Å². The number of amides is 1. The van der Waals surface area contributed by atoms with Crippen LogP contribution in [0.1, 0.15) is 29.2 Å². The van der Waals surface area contributed by atoms with E-state index in [4.69, 9.17) is 11.6 Å². The summed E-state index contributed by atoms with van der Waals surface area (Å²) in [6.07, 6.45) is 2.02. The second-order valence-electron chi connectivity index (χ2n) is 6.17. The summed E-state index contributed by atoms with van der Waals surface area (Å²) in [5, 5.41) is 9.88. The summed E-state index contributed by atoms with van der Waals surface area (Å²) in [7, 11) is 0. The fourth-order valence-corrected chi connectivity index (χ4v) is 3.61. The van der Waals surface area contributed by atoms with Crippen molar-refractivity contribution in [2.24, 2.45) is 0 Å². The van der Waals surface area contributed by atoms with E-state index in [1.807, 2.05) is 17.5 Å². The quantitative estimate of drug-likeness (QED) is 0.705. The smallest absolute Gasteiger partial charge is 0.346 e. The lowest BCUT2D eigenvalue weighted by Crippen LogP contribution is -2.32. The van der Waals surface area contributed by atoms with Gasteiger partial charge in [-0.25, -0.2) is 9.48 Å². The van der Waals surface area contributed by atoms with E-state index in [1.54, 1.807) is 40.2 Å². The van der Waals surface area contributed by atoms with Crippen molar-refractivity contribution < 1.29 is 4.79 Å². The molecule has 0 spiro atoms. The monoisotopic (exact) mass is 388 g/mol. The number of carbonyl (C=O) groups excluding carboxylic acids is 1. The molecule has 0 bridgehead atoms. The number of aromatic nitrogens is 3. The third-order valence-corrected chi connectivity index (χ3v) is 5.36. The Hall–Kier alpha value is -2.38. The normalized spacial score (nSPS) is 13.7. The van der Waals surface area contributed by atoms with E-state index >= 15 is 0 Å². The van der Waals surface area contributed by atoms with Crippen molar-refractivity contribution in [1.82, 2.24) is 19.7 Å². The van der Waals surface area contributed by atoms with Gasteiger partial charge in [0.15, 0.2) is 5.82 Å². The van der Waals surface area contributed by atoms with Gasteiger partial charge in [-0.1, -0.05) is 17.7 Å². The molecule has 134 valence electrons. The van der Waals surface area contributed by atoms with E-state index in [1.165, 1.54) is 4.68 Å². The van der Waals surface area contributed by atoms with E-state index in [2.05, 4.69) is 10.4 Å². The molecule has 0 saturated heterocycles. The molecule has 8 heteroatoms. The second kappa shape index (κ2) is 7.09. The maximum Gasteiger partial charge on any atom is 0.346 e. The molecule has 2 heterocycles. The van der Waals surface area contributed by atoms with Crippen LogP contribution in [0.4, 0.5) is 0 Å². The van der Waals surface area contributed by atoms with Crippen LogP contribution >= 0.6 is 22.9 Å². The molecule has 0 atom stereocenters. The van der Waals surface area contributed by atoms with Gasteiger partial charge in [0, 0.05) is 23.2 Å². The van der Waals surface area contributed by atoms with Crippen molar-refractivity contribution in [1.29, 1.82) is 0 Å². The highest BCUT2D eigenvalue weighted by Gasteiger charge is 2.30. The van der Waals surface area contributed by atoms with Gasteiger partial charge in [0.1, 0.15) is 0 Å². The number of rotatable bonds is 6. The van der Waals surface area contributed by atoms with Crippen molar-refractivity contribution in [3.05, 3.63) is 62.8 Å². The molecule has 1 amide bonds. The van der Waals surface area contributed by atoms with Crippen LogP contribution in [-0.4, -0.2) is 26.8 Å². The zero-order chi connectivity index (χ0) is 18.1. The lowest BCUT2D eigenvalue weighted by molar-refractivity contribution is 0.0952. The van der Waals surface area contributed by atoms with Crippen LogP contribution in [0.2, 0.25) is 5.02 Å². The molecule has 1 fully saturated rings. The summed E-state index contributed by atoms with van der Waals surface area (Å²) >= 11 is 7.40. The first-order valence-electron chi connectivity index (χ1n) is 8.40. The van der Waals surface area contributed by atoms with Crippen LogP contribution in [0, 0.1) is 0 Å². The predicted octanol–water partition coefficient (Wildman–Crippen LogP) is 3.19. The van der Waals surface area contributed by atoms with Gasteiger partial charge >= 0.3 is 5.69 Å². The molecule has 0 unspecified atom stereocenters. The molecular weight excluding hydrogens is 372 g/mol. The van der Waals surface area contributed by atoms with Gasteiger partial charge in [0.25, 0.3) is 5.91 Å². The maximum absolute atomic E-state index is 12.7. The van der Waals surface area contributed by atoms with Gasteiger partial charge in [-0.05, 0) is 48.6 Å². The average molecular weight is 389 g/mol. The Morgan fingerprint density at radius 3 is 2.69 bits per heavy atom. The molecule has 1 aliphatic carbocycles. The van der Waals surface area contributed by atoms with Gasteiger partial charge in [-0.2, -0.15) is 0 Å². The molecule has 2 aromatic heterocycles. The summed E-state index contributed by atoms with van der Waals surface area (Å²) in [6.45, 7) is 0.656. The zero-order valence-corrected chi connectivity index (χ0v) is 15.5. The molecule has 1 aliphatic rings. The van der Waals surface area contributed by atoms with Crippen LogP contribution < -0.4 is 11.0 Å². The predicted molar refractivity (Wildman–Crippen MR) is 102 cm³/mol. The average Bonchev–Trinajstić information content (AvgIpc) is 3.21. The molecule has 1 N–H and O–H groups in total. The number of carbonyl (C=O) groups is 1. The number of benzene rings is 1. The summed E-state index contributed by atoms with van der Waals surface area (Å²) < 4.78 is 3.22. The van der Waals surface area contributed by atoms with Gasteiger partial charge in [0.2, 0.25) is 0 Å². The van der Waals surface area contributed by atoms with E-state index < -0.39 is 0 Å². The SMILES string of the molecule is O=C(NCCn1nc(-c2cccs2)n(C2CC2)c1=O)c1ccc(Cl)cc1. The van der Waals surface area contributed by atoms with Crippen LogP contribution in [0.3, 0.4) is 0 Å². The molecule has 6 nitrogen and oxygen atoms in total. The van der Waals surface area contributed by atoms with Crippen molar-refractivity contribution >= 4 is 28.8 Å². The number of thiophene rings is 1. The standard InChI is InChI=1S/C18H17ClN4O2S/c19-13-5-3-12(4-6-13)17(24)20-9-10-22-18(25)23(14-7-8-14)16(21-22)15-2-1-11-26-15/h1-6,11,14H,7-10H2,(H,20,24). The van der Waals surface area contributed by atoms with Crippen molar-refractivity contribution in [2.45, 2.75) is 25.4 Å². The minimum atomic E-state index is -0.199. The summed E-state index contributed by atoms with van der Waals surface area (Å²) in [6, 6.07) is 10.8. The number of halogens is 1. The Kier molecular flexibility index (Phi) is 4.65. The van der Waals surface area contributed by atoms with Crippen molar-refractivity contribution in [3.63, 3.8) is 0 Å². The molecular formula is C18H17ClN4O2S. The van der Waals surface area contributed by atoms with E-state index in [9.17, 15) is 9.59 Å². The first kappa shape index (κ1) is 17.1. The highest BCUT2D eigenvalue weighted by atomic mass is 35.5.